The number of furan rings is 1. The Morgan fingerprint density at radius 3 is 2.78 bits per heavy atom. The van der Waals surface area contributed by atoms with Crippen LogP contribution >= 0.6 is 15.9 Å². The van der Waals surface area contributed by atoms with E-state index in [9.17, 15) is 0 Å². The highest BCUT2D eigenvalue weighted by Gasteiger charge is 2.13. The van der Waals surface area contributed by atoms with Gasteiger partial charge in [0, 0.05) is 22.0 Å². The minimum atomic E-state index is 0.465. The fourth-order valence-corrected chi connectivity index (χ4v) is 2.62. The average Bonchev–Trinajstić information content (AvgIpc) is 2.71. The molecule has 2 aromatic rings. The summed E-state index contributed by atoms with van der Waals surface area (Å²) in [7, 11) is 0. The zero-order valence-electron chi connectivity index (χ0n) is 11.2. The second-order valence-corrected chi connectivity index (χ2v) is 5.88. The molecular formula is C15H20BrNO. The van der Waals surface area contributed by atoms with Crippen LogP contribution in [0.15, 0.2) is 27.3 Å². The molecule has 2 rings (SSSR count). The standard InChI is InChI=1S/C15H20BrNO/c1-4-5-17-8-11-9-18-15-13(10(2)3)6-12(16)7-14(11)15/h6-7,9-10,17H,4-5,8H2,1-3H3. The highest BCUT2D eigenvalue weighted by atomic mass is 79.9. The number of hydrogen-bond donors (Lipinski definition) is 1. The summed E-state index contributed by atoms with van der Waals surface area (Å²) in [6.07, 6.45) is 3.03. The zero-order chi connectivity index (χ0) is 13.1. The fourth-order valence-electron chi connectivity index (χ4n) is 2.14. The first-order valence-corrected chi connectivity index (χ1v) is 7.33. The van der Waals surface area contributed by atoms with Crippen molar-refractivity contribution in [3.8, 4) is 0 Å². The van der Waals surface area contributed by atoms with Gasteiger partial charge in [-0.25, -0.2) is 0 Å². The van der Waals surface area contributed by atoms with Crippen LogP contribution in [-0.4, -0.2) is 6.54 Å². The first-order valence-electron chi connectivity index (χ1n) is 6.53. The molecule has 0 unspecified atom stereocenters. The number of benzene rings is 1. The molecule has 0 aliphatic carbocycles. The Hall–Kier alpha value is -0.800. The lowest BCUT2D eigenvalue weighted by Crippen LogP contribution is -2.13. The van der Waals surface area contributed by atoms with Crippen LogP contribution in [0.4, 0.5) is 0 Å². The van der Waals surface area contributed by atoms with Crippen LogP contribution in [-0.2, 0) is 6.54 Å². The lowest BCUT2D eigenvalue weighted by Gasteiger charge is -2.07. The molecule has 0 radical (unpaired) electrons. The molecule has 0 fully saturated rings. The molecular weight excluding hydrogens is 290 g/mol. The predicted octanol–water partition coefficient (Wildman–Crippen LogP) is 4.82. The predicted molar refractivity (Wildman–Crippen MR) is 80.0 cm³/mol. The molecule has 1 heterocycles. The summed E-state index contributed by atoms with van der Waals surface area (Å²) in [5.74, 6) is 0.465. The second-order valence-electron chi connectivity index (χ2n) is 4.96. The lowest BCUT2D eigenvalue weighted by molar-refractivity contribution is 0.594. The van der Waals surface area contributed by atoms with Gasteiger partial charge in [-0.05, 0) is 36.6 Å². The molecule has 0 saturated carbocycles. The van der Waals surface area contributed by atoms with Gasteiger partial charge in [0.25, 0.3) is 0 Å². The lowest BCUT2D eigenvalue weighted by atomic mass is 10.00. The highest BCUT2D eigenvalue weighted by Crippen LogP contribution is 2.32. The van der Waals surface area contributed by atoms with Crippen LogP contribution < -0.4 is 5.32 Å². The summed E-state index contributed by atoms with van der Waals surface area (Å²) in [5.41, 5.74) is 3.53. The third-order valence-corrected chi connectivity index (χ3v) is 3.57. The second kappa shape index (κ2) is 5.89. The van der Waals surface area contributed by atoms with E-state index in [1.807, 2.05) is 6.26 Å². The molecule has 3 heteroatoms. The molecule has 0 spiro atoms. The Kier molecular flexibility index (Phi) is 4.46. The maximum absolute atomic E-state index is 5.77. The molecule has 18 heavy (non-hydrogen) atoms. The molecule has 0 amide bonds. The van der Waals surface area contributed by atoms with Crippen molar-refractivity contribution in [2.24, 2.45) is 0 Å². The number of fused-ring (bicyclic) bond motifs is 1. The van der Waals surface area contributed by atoms with Gasteiger partial charge in [-0.3, -0.25) is 0 Å². The minimum absolute atomic E-state index is 0.465. The van der Waals surface area contributed by atoms with Gasteiger partial charge in [0.15, 0.2) is 0 Å². The van der Waals surface area contributed by atoms with Crippen LogP contribution in [0.25, 0.3) is 11.0 Å². The zero-order valence-corrected chi connectivity index (χ0v) is 12.8. The smallest absolute Gasteiger partial charge is 0.137 e. The topological polar surface area (TPSA) is 25.2 Å². The highest BCUT2D eigenvalue weighted by molar-refractivity contribution is 9.10. The summed E-state index contributed by atoms with van der Waals surface area (Å²) in [4.78, 5) is 0. The Bertz CT molecular complexity index is 531. The normalized spacial score (nSPS) is 11.6. The third kappa shape index (κ3) is 2.78. The molecule has 0 aliphatic heterocycles. The van der Waals surface area contributed by atoms with E-state index in [1.54, 1.807) is 0 Å². The average molecular weight is 310 g/mol. The molecule has 1 aromatic heterocycles. The van der Waals surface area contributed by atoms with Crippen molar-refractivity contribution in [3.63, 3.8) is 0 Å². The van der Waals surface area contributed by atoms with Gasteiger partial charge in [-0.15, -0.1) is 0 Å². The maximum Gasteiger partial charge on any atom is 0.137 e. The largest absolute Gasteiger partial charge is 0.464 e. The van der Waals surface area contributed by atoms with Gasteiger partial charge in [0.2, 0.25) is 0 Å². The molecule has 0 saturated heterocycles. The van der Waals surface area contributed by atoms with Crippen molar-refractivity contribution < 1.29 is 4.42 Å². The number of halogens is 1. The van der Waals surface area contributed by atoms with E-state index in [0.29, 0.717) is 5.92 Å². The molecule has 2 nitrogen and oxygen atoms in total. The van der Waals surface area contributed by atoms with Crippen LogP contribution in [0.1, 0.15) is 44.2 Å². The van der Waals surface area contributed by atoms with Crippen molar-refractivity contribution >= 4 is 26.9 Å². The molecule has 1 aromatic carbocycles. The van der Waals surface area contributed by atoms with Gasteiger partial charge < -0.3 is 9.73 Å². The van der Waals surface area contributed by atoms with E-state index in [2.05, 4.69) is 54.2 Å². The number of hydrogen-bond acceptors (Lipinski definition) is 2. The molecule has 0 bridgehead atoms. The summed E-state index contributed by atoms with van der Waals surface area (Å²) in [6, 6.07) is 4.30. The van der Waals surface area contributed by atoms with E-state index < -0.39 is 0 Å². The van der Waals surface area contributed by atoms with Crippen LogP contribution in [0.2, 0.25) is 0 Å². The van der Waals surface area contributed by atoms with Crippen molar-refractivity contribution in [3.05, 3.63) is 34.0 Å². The first-order chi connectivity index (χ1) is 8.63. The summed E-state index contributed by atoms with van der Waals surface area (Å²) >= 11 is 3.59. The quantitative estimate of drug-likeness (QED) is 0.801. The Labute approximate surface area is 117 Å². The molecule has 1 N–H and O–H groups in total. The Morgan fingerprint density at radius 1 is 1.33 bits per heavy atom. The summed E-state index contributed by atoms with van der Waals surface area (Å²) < 4.78 is 6.89. The van der Waals surface area contributed by atoms with E-state index >= 15 is 0 Å². The van der Waals surface area contributed by atoms with E-state index in [1.165, 1.54) is 16.5 Å². The summed E-state index contributed by atoms with van der Waals surface area (Å²) in [5, 5.41) is 4.64. The minimum Gasteiger partial charge on any atom is -0.464 e. The van der Waals surface area contributed by atoms with Gasteiger partial charge in [-0.1, -0.05) is 36.7 Å². The van der Waals surface area contributed by atoms with Crippen molar-refractivity contribution in [2.75, 3.05) is 6.54 Å². The first kappa shape index (κ1) is 13.6. The SMILES string of the molecule is CCCNCc1coc2c(C(C)C)cc(Br)cc12. The van der Waals surface area contributed by atoms with Crippen LogP contribution in [0.5, 0.6) is 0 Å². The maximum atomic E-state index is 5.77. The third-order valence-electron chi connectivity index (χ3n) is 3.11. The van der Waals surface area contributed by atoms with E-state index in [0.717, 1.165) is 29.6 Å². The van der Waals surface area contributed by atoms with Crippen molar-refractivity contribution in [1.82, 2.24) is 5.32 Å². The molecule has 0 atom stereocenters. The van der Waals surface area contributed by atoms with E-state index in [4.69, 9.17) is 4.42 Å². The monoisotopic (exact) mass is 309 g/mol. The van der Waals surface area contributed by atoms with Gasteiger partial charge in [0.05, 0.1) is 6.26 Å². The van der Waals surface area contributed by atoms with Crippen molar-refractivity contribution in [1.29, 1.82) is 0 Å². The Balaban J connectivity index is 2.39. The van der Waals surface area contributed by atoms with Crippen LogP contribution in [0, 0.1) is 0 Å². The number of nitrogens with one attached hydrogen (secondary N) is 1. The van der Waals surface area contributed by atoms with Crippen molar-refractivity contribution in [2.45, 2.75) is 39.7 Å². The van der Waals surface area contributed by atoms with Crippen LogP contribution in [0.3, 0.4) is 0 Å². The summed E-state index contributed by atoms with van der Waals surface area (Å²) in [6.45, 7) is 8.47. The Morgan fingerprint density at radius 2 is 2.11 bits per heavy atom. The number of rotatable bonds is 5. The van der Waals surface area contributed by atoms with Gasteiger partial charge in [-0.2, -0.15) is 0 Å². The van der Waals surface area contributed by atoms with E-state index in [-0.39, 0.29) is 0 Å². The molecule has 98 valence electrons. The molecule has 0 aliphatic rings. The van der Waals surface area contributed by atoms with Gasteiger partial charge >= 0.3 is 0 Å². The fraction of sp³-hybridized carbons (Fsp3) is 0.467. The van der Waals surface area contributed by atoms with Gasteiger partial charge in [0.1, 0.15) is 5.58 Å².